The van der Waals surface area contributed by atoms with Crippen LogP contribution in [0.25, 0.3) is 0 Å². The summed E-state index contributed by atoms with van der Waals surface area (Å²) in [7, 11) is 0. The fraction of sp³-hybridized carbons (Fsp3) is 0.357. The van der Waals surface area contributed by atoms with Gasteiger partial charge in [0.15, 0.2) is 5.78 Å². The minimum atomic E-state index is 0.311. The van der Waals surface area contributed by atoms with Crippen molar-refractivity contribution in [2.75, 3.05) is 0 Å². The molecule has 0 aromatic carbocycles. The van der Waals surface area contributed by atoms with E-state index in [1.54, 1.807) is 11.3 Å². The second-order valence-corrected chi connectivity index (χ2v) is 6.65. The van der Waals surface area contributed by atoms with Gasteiger partial charge >= 0.3 is 0 Å². The van der Waals surface area contributed by atoms with Crippen LogP contribution in [0.1, 0.15) is 39.5 Å². The predicted octanol–water partition coefficient (Wildman–Crippen LogP) is 4.19. The average Bonchev–Trinajstić information content (AvgIpc) is 2.87. The first-order valence-corrected chi connectivity index (χ1v) is 7.77. The second kappa shape index (κ2) is 4.67. The lowest BCUT2D eigenvalue weighted by Gasteiger charge is -2.15. The Balaban J connectivity index is 1.99. The van der Waals surface area contributed by atoms with Crippen LogP contribution in [0.3, 0.4) is 0 Å². The van der Waals surface area contributed by atoms with E-state index >= 15 is 0 Å². The molecule has 0 atom stereocenters. The molecule has 94 valence electrons. The van der Waals surface area contributed by atoms with Crippen LogP contribution in [0, 0.1) is 6.92 Å². The highest BCUT2D eigenvalue weighted by molar-refractivity contribution is 9.10. The summed E-state index contributed by atoms with van der Waals surface area (Å²) in [5, 5.41) is 2.10. The molecule has 0 fully saturated rings. The van der Waals surface area contributed by atoms with Gasteiger partial charge in [-0.2, -0.15) is 0 Å². The van der Waals surface area contributed by atoms with Crippen LogP contribution in [0.15, 0.2) is 22.0 Å². The van der Waals surface area contributed by atoms with Crippen LogP contribution in [-0.4, -0.2) is 10.4 Å². The van der Waals surface area contributed by atoms with Crippen LogP contribution in [0.5, 0.6) is 0 Å². The lowest BCUT2D eigenvalue weighted by Crippen LogP contribution is -2.13. The smallest absolute Gasteiger partial charge is 0.164 e. The minimum absolute atomic E-state index is 0.311. The molecule has 4 heteroatoms. The van der Waals surface area contributed by atoms with Gasteiger partial charge in [-0.1, -0.05) is 0 Å². The van der Waals surface area contributed by atoms with Gasteiger partial charge in [-0.25, -0.2) is 0 Å². The number of rotatable bonds is 2. The maximum Gasteiger partial charge on any atom is 0.164 e. The molecule has 0 unspecified atom stereocenters. The number of nitrogens with zero attached hydrogens (tertiary/aromatic N) is 1. The van der Waals surface area contributed by atoms with Crippen LogP contribution in [-0.2, 0) is 13.0 Å². The van der Waals surface area contributed by atoms with E-state index in [0.717, 1.165) is 29.4 Å². The van der Waals surface area contributed by atoms with Gasteiger partial charge in [-0.3, -0.25) is 4.79 Å². The summed E-state index contributed by atoms with van der Waals surface area (Å²) >= 11 is 5.24. The number of thiophene rings is 1. The fourth-order valence-electron chi connectivity index (χ4n) is 2.60. The summed E-state index contributed by atoms with van der Waals surface area (Å²) in [6.45, 7) is 2.97. The molecule has 1 aliphatic carbocycles. The van der Waals surface area contributed by atoms with Gasteiger partial charge in [0.25, 0.3) is 0 Å². The van der Waals surface area contributed by atoms with Gasteiger partial charge in [0.05, 0.1) is 6.54 Å². The Kier molecular flexibility index (Phi) is 3.16. The molecule has 0 saturated heterocycles. The zero-order chi connectivity index (χ0) is 12.7. The molecule has 0 aliphatic heterocycles. The number of carbonyl (C=O) groups excluding carboxylic acids is 1. The molecule has 0 amide bonds. The first kappa shape index (κ1) is 12.2. The van der Waals surface area contributed by atoms with Gasteiger partial charge in [0, 0.05) is 38.1 Å². The molecular formula is C14H14BrNOS. The number of Topliss-reactive ketones (excluding diaryl/α,β-unsaturated/α-hetero) is 1. The van der Waals surface area contributed by atoms with Gasteiger partial charge < -0.3 is 4.57 Å². The third-order valence-electron chi connectivity index (χ3n) is 3.47. The Morgan fingerprint density at radius 1 is 1.39 bits per heavy atom. The molecule has 2 nitrogen and oxygen atoms in total. The fourth-order valence-corrected chi connectivity index (χ4v) is 4.04. The summed E-state index contributed by atoms with van der Waals surface area (Å²) < 4.78 is 3.43. The molecule has 18 heavy (non-hydrogen) atoms. The number of ketones is 1. The van der Waals surface area contributed by atoms with Crippen molar-refractivity contribution in [2.24, 2.45) is 0 Å². The summed E-state index contributed by atoms with van der Waals surface area (Å²) in [6, 6.07) is 4.21. The topological polar surface area (TPSA) is 22.0 Å². The number of aryl methyl sites for hydroxylation is 1. The maximum absolute atomic E-state index is 11.9. The van der Waals surface area contributed by atoms with Crippen molar-refractivity contribution in [3.63, 3.8) is 0 Å². The van der Waals surface area contributed by atoms with Crippen molar-refractivity contribution in [2.45, 2.75) is 32.7 Å². The molecular weight excluding hydrogens is 310 g/mol. The van der Waals surface area contributed by atoms with Gasteiger partial charge in [-0.05, 0) is 47.8 Å². The molecule has 0 bridgehead atoms. The Morgan fingerprint density at radius 3 is 2.94 bits per heavy atom. The first-order valence-electron chi connectivity index (χ1n) is 6.10. The molecule has 2 aromatic rings. The largest absolute Gasteiger partial charge is 0.343 e. The van der Waals surface area contributed by atoms with Crippen LogP contribution in [0.4, 0.5) is 0 Å². The Bertz CT molecular complexity index is 611. The van der Waals surface area contributed by atoms with Crippen molar-refractivity contribution in [1.29, 1.82) is 0 Å². The maximum atomic E-state index is 11.9. The summed E-state index contributed by atoms with van der Waals surface area (Å²) in [5.41, 5.74) is 3.38. The summed E-state index contributed by atoms with van der Waals surface area (Å²) in [5.74, 6) is 0.311. The average molecular weight is 324 g/mol. The van der Waals surface area contributed by atoms with Gasteiger partial charge in [0.1, 0.15) is 0 Å². The monoisotopic (exact) mass is 323 g/mol. The van der Waals surface area contributed by atoms with Crippen molar-refractivity contribution < 1.29 is 4.79 Å². The zero-order valence-corrected chi connectivity index (χ0v) is 12.6. The number of aromatic nitrogens is 1. The lowest BCUT2D eigenvalue weighted by atomic mass is 9.97. The highest BCUT2D eigenvalue weighted by Crippen LogP contribution is 2.27. The Morgan fingerprint density at radius 2 is 2.22 bits per heavy atom. The van der Waals surface area contributed by atoms with E-state index in [-0.39, 0.29) is 0 Å². The number of halogens is 1. The molecule has 1 aliphatic rings. The van der Waals surface area contributed by atoms with E-state index in [1.165, 1.54) is 16.3 Å². The normalized spacial score (nSPS) is 14.9. The molecule has 0 radical (unpaired) electrons. The standard InChI is InChI=1S/C14H14BrNOS/c1-9-5-12-13(3-2-4-14(12)17)16(9)7-11-6-10(15)8-18-11/h5-6,8H,2-4,7H2,1H3. The Labute approximate surface area is 119 Å². The van der Waals surface area contributed by atoms with Crippen LogP contribution in [0.2, 0.25) is 0 Å². The molecule has 2 heterocycles. The summed E-state index contributed by atoms with van der Waals surface area (Å²) in [4.78, 5) is 13.2. The van der Waals surface area contributed by atoms with E-state index < -0.39 is 0 Å². The third-order valence-corrected chi connectivity index (χ3v) is 5.15. The highest BCUT2D eigenvalue weighted by Gasteiger charge is 2.22. The second-order valence-electron chi connectivity index (χ2n) is 4.74. The number of hydrogen-bond donors (Lipinski definition) is 0. The van der Waals surface area contributed by atoms with E-state index in [0.29, 0.717) is 12.2 Å². The van der Waals surface area contributed by atoms with Crippen molar-refractivity contribution in [3.05, 3.63) is 43.8 Å². The molecule has 0 spiro atoms. The minimum Gasteiger partial charge on any atom is -0.343 e. The van der Waals surface area contributed by atoms with Gasteiger partial charge in [-0.15, -0.1) is 11.3 Å². The van der Waals surface area contributed by atoms with E-state index in [9.17, 15) is 4.79 Å². The Hall–Kier alpha value is -0.870. The highest BCUT2D eigenvalue weighted by atomic mass is 79.9. The predicted molar refractivity (Wildman–Crippen MR) is 77.6 cm³/mol. The molecule has 3 rings (SSSR count). The van der Waals surface area contributed by atoms with Crippen molar-refractivity contribution >= 4 is 33.0 Å². The number of fused-ring (bicyclic) bond motifs is 1. The van der Waals surface area contributed by atoms with E-state index in [1.807, 2.05) is 0 Å². The summed E-state index contributed by atoms with van der Waals surface area (Å²) in [6.07, 6.45) is 2.73. The third kappa shape index (κ3) is 2.08. The van der Waals surface area contributed by atoms with E-state index in [4.69, 9.17) is 0 Å². The van der Waals surface area contributed by atoms with Crippen molar-refractivity contribution in [3.8, 4) is 0 Å². The van der Waals surface area contributed by atoms with Crippen molar-refractivity contribution in [1.82, 2.24) is 4.57 Å². The quantitative estimate of drug-likeness (QED) is 0.812. The van der Waals surface area contributed by atoms with Crippen LogP contribution < -0.4 is 0 Å². The number of hydrogen-bond acceptors (Lipinski definition) is 2. The molecule has 0 saturated carbocycles. The van der Waals surface area contributed by atoms with Gasteiger partial charge in [0.2, 0.25) is 0 Å². The zero-order valence-electron chi connectivity index (χ0n) is 10.2. The molecule has 2 aromatic heterocycles. The molecule has 0 N–H and O–H groups in total. The number of carbonyl (C=O) groups is 1. The van der Waals surface area contributed by atoms with Crippen LogP contribution >= 0.6 is 27.3 Å². The van der Waals surface area contributed by atoms with E-state index in [2.05, 4.69) is 44.9 Å². The lowest BCUT2D eigenvalue weighted by molar-refractivity contribution is 0.0972. The SMILES string of the molecule is Cc1cc2c(n1Cc1cc(Br)cs1)CCCC2=O. The first-order chi connectivity index (χ1) is 8.65.